The first-order valence-corrected chi connectivity index (χ1v) is 5.42. The Morgan fingerprint density at radius 1 is 1.43 bits per heavy atom. The highest BCUT2D eigenvalue weighted by atomic mass is 16.5. The van der Waals surface area contributed by atoms with Crippen molar-refractivity contribution in [1.29, 1.82) is 0 Å². The van der Waals surface area contributed by atoms with Crippen molar-refractivity contribution < 1.29 is 9.84 Å². The number of hydrogen-bond acceptors (Lipinski definition) is 3. The van der Waals surface area contributed by atoms with Crippen molar-refractivity contribution in [2.45, 2.75) is 45.8 Å². The molecule has 1 N–H and O–H groups in total. The third-order valence-corrected chi connectivity index (χ3v) is 2.74. The molecule has 14 heavy (non-hydrogen) atoms. The molecule has 0 aromatic rings. The van der Waals surface area contributed by atoms with E-state index in [-0.39, 0.29) is 0 Å². The molecule has 0 amide bonds. The van der Waals surface area contributed by atoms with Crippen LogP contribution in [0.2, 0.25) is 0 Å². The number of nitrogens with zero attached hydrogens (tertiary/aromatic N) is 1. The van der Waals surface area contributed by atoms with Crippen LogP contribution in [0, 0.1) is 0 Å². The minimum Gasteiger partial charge on any atom is -0.389 e. The number of methoxy groups -OCH3 is 1. The number of aliphatic hydroxyl groups is 1. The second-order valence-electron chi connectivity index (χ2n) is 4.22. The lowest BCUT2D eigenvalue weighted by atomic mass is 10.0. The first-order valence-electron chi connectivity index (χ1n) is 5.42. The number of hydrogen-bond donors (Lipinski definition) is 1. The second-order valence-corrected chi connectivity index (χ2v) is 4.22. The molecule has 0 rings (SSSR count). The fraction of sp³-hybridized carbons (Fsp3) is 1.00. The molecule has 0 radical (unpaired) electrons. The molecule has 0 aromatic heterocycles. The molecule has 0 saturated heterocycles. The minimum absolute atomic E-state index is 0.364. The standard InChI is InChI=1S/C11H25NO2/c1-6-11(4,13)9-12(7-2)10(3)8-14-5/h10,13H,6-9H2,1-5H3. The van der Waals surface area contributed by atoms with Gasteiger partial charge < -0.3 is 9.84 Å². The lowest BCUT2D eigenvalue weighted by Crippen LogP contribution is -2.46. The SMILES string of the molecule is CCN(CC(C)(O)CC)C(C)COC. The molecular formula is C11H25NO2. The third-order valence-electron chi connectivity index (χ3n) is 2.74. The van der Waals surface area contributed by atoms with Gasteiger partial charge in [0.2, 0.25) is 0 Å². The van der Waals surface area contributed by atoms with Crippen LogP contribution in [-0.4, -0.2) is 48.5 Å². The lowest BCUT2D eigenvalue weighted by molar-refractivity contribution is -0.00501. The maximum atomic E-state index is 9.96. The van der Waals surface area contributed by atoms with Gasteiger partial charge in [-0.3, -0.25) is 4.90 Å². The van der Waals surface area contributed by atoms with E-state index in [0.29, 0.717) is 19.2 Å². The van der Waals surface area contributed by atoms with Crippen LogP contribution in [0.5, 0.6) is 0 Å². The summed E-state index contributed by atoms with van der Waals surface area (Å²) in [6.45, 7) is 10.5. The van der Waals surface area contributed by atoms with E-state index >= 15 is 0 Å². The molecule has 0 aliphatic heterocycles. The lowest BCUT2D eigenvalue weighted by Gasteiger charge is -2.34. The molecule has 0 saturated carbocycles. The zero-order valence-corrected chi connectivity index (χ0v) is 10.2. The summed E-state index contributed by atoms with van der Waals surface area (Å²) in [6, 6.07) is 0.364. The largest absolute Gasteiger partial charge is 0.389 e. The molecule has 3 heteroatoms. The van der Waals surface area contributed by atoms with Gasteiger partial charge in [-0.1, -0.05) is 13.8 Å². The van der Waals surface area contributed by atoms with E-state index in [1.54, 1.807) is 7.11 Å². The van der Waals surface area contributed by atoms with Gasteiger partial charge in [0.15, 0.2) is 0 Å². The highest BCUT2D eigenvalue weighted by molar-refractivity contribution is 4.78. The quantitative estimate of drug-likeness (QED) is 0.680. The fourth-order valence-electron chi connectivity index (χ4n) is 1.48. The van der Waals surface area contributed by atoms with Crippen molar-refractivity contribution in [3.8, 4) is 0 Å². The molecule has 0 fully saturated rings. The average molecular weight is 203 g/mol. The Morgan fingerprint density at radius 2 is 2.00 bits per heavy atom. The number of rotatable bonds is 7. The van der Waals surface area contributed by atoms with Crippen LogP contribution in [0.3, 0.4) is 0 Å². The first kappa shape index (κ1) is 13.9. The highest BCUT2D eigenvalue weighted by Gasteiger charge is 2.23. The molecular weight excluding hydrogens is 178 g/mol. The van der Waals surface area contributed by atoms with E-state index in [0.717, 1.165) is 13.0 Å². The summed E-state index contributed by atoms with van der Waals surface area (Å²) in [6.07, 6.45) is 0.781. The maximum absolute atomic E-state index is 9.96. The van der Waals surface area contributed by atoms with Gasteiger partial charge >= 0.3 is 0 Å². The number of ether oxygens (including phenoxy) is 1. The summed E-state index contributed by atoms with van der Waals surface area (Å²) in [4.78, 5) is 2.24. The molecule has 0 heterocycles. The Kier molecular flexibility index (Phi) is 6.33. The van der Waals surface area contributed by atoms with Crippen LogP contribution in [0.15, 0.2) is 0 Å². The van der Waals surface area contributed by atoms with Crippen LogP contribution in [0.4, 0.5) is 0 Å². The molecule has 2 atom stereocenters. The van der Waals surface area contributed by atoms with E-state index in [2.05, 4.69) is 18.7 Å². The van der Waals surface area contributed by atoms with Gasteiger partial charge in [-0.2, -0.15) is 0 Å². The minimum atomic E-state index is -0.585. The Balaban J connectivity index is 4.14. The van der Waals surface area contributed by atoms with Crippen molar-refractivity contribution in [2.24, 2.45) is 0 Å². The summed E-state index contributed by atoms with van der Waals surface area (Å²) < 4.78 is 5.11. The van der Waals surface area contributed by atoms with Crippen LogP contribution in [0.25, 0.3) is 0 Å². The van der Waals surface area contributed by atoms with Crippen molar-refractivity contribution in [1.82, 2.24) is 4.90 Å². The smallest absolute Gasteiger partial charge is 0.0743 e. The van der Waals surface area contributed by atoms with E-state index in [9.17, 15) is 5.11 Å². The maximum Gasteiger partial charge on any atom is 0.0743 e. The van der Waals surface area contributed by atoms with Gasteiger partial charge in [0.25, 0.3) is 0 Å². The Labute approximate surface area is 88.1 Å². The normalized spacial score (nSPS) is 18.2. The van der Waals surface area contributed by atoms with Crippen LogP contribution < -0.4 is 0 Å². The Bertz CT molecular complexity index is 148. The van der Waals surface area contributed by atoms with Gasteiger partial charge in [-0.15, -0.1) is 0 Å². The zero-order valence-electron chi connectivity index (χ0n) is 10.2. The second kappa shape index (κ2) is 6.38. The monoisotopic (exact) mass is 203 g/mol. The van der Waals surface area contributed by atoms with Crippen LogP contribution >= 0.6 is 0 Å². The molecule has 86 valence electrons. The van der Waals surface area contributed by atoms with Gasteiger partial charge in [0.1, 0.15) is 0 Å². The van der Waals surface area contributed by atoms with Crippen molar-refractivity contribution in [2.75, 3.05) is 26.8 Å². The average Bonchev–Trinajstić information content (AvgIpc) is 2.14. The summed E-state index contributed by atoms with van der Waals surface area (Å²) >= 11 is 0. The Hall–Kier alpha value is -0.120. The molecule has 0 spiro atoms. The summed E-state index contributed by atoms with van der Waals surface area (Å²) in [5, 5.41) is 9.96. The zero-order chi connectivity index (χ0) is 11.2. The van der Waals surface area contributed by atoms with Gasteiger partial charge in [-0.25, -0.2) is 0 Å². The number of likely N-dealkylation sites (N-methyl/N-ethyl adjacent to an activating group) is 1. The van der Waals surface area contributed by atoms with Crippen LogP contribution in [0.1, 0.15) is 34.1 Å². The molecule has 0 aromatic carbocycles. The molecule has 2 unspecified atom stereocenters. The van der Waals surface area contributed by atoms with Crippen molar-refractivity contribution in [3.05, 3.63) is 0 Å². The summed E-state index contributed by atoms with van der Waals surface area (Å²) in [5.74, 6) is 0. The van der Waals surface area contributed by atoms with E-state index < -0.39 is 5.60 Å². The van der Waals surface area contributed by atoms with Crippen LogP contribution in [-0.2, 0) is 4.74 Å². The molecule has 0 aliphatic rings. The van der Waals surface area contributed by atoms with Gasteiger partial charge in [0.05, 0.1) is 12.2 Å². The van der Waals surface area contributed by atoms with Crippen molar-refractivity contribution in [3.63, 3.8) is 0 Å². The predicted molar refractivity (Wildman–Crippen MR) is 59.5 cm³/mol. The predicted octanol–water partition coefficient (Wildman–Crippen LogP) is 1.50. The summed E-state index contributed by atoms with van der Waals surface area (Å²) in [5.41, 5.74) is -0.585. The molecule has 0 bridgehead atoms. The first-order chi connectivity index (χ1) is 6.46. The van der Waals surface area contributed by atoms with E-state index in [1.807, 2.05) is 13.8 Å². The Morgan fingerprint density at radius 3 is 2.36 bits per heavy atom. The van der Waals surface area contributed by atoms with Gasteiger partial charge in [0, 0.05) is 19.7 Å². The molecule has 3 nitrogen and oxygen atoms in total. The van der Waals surface area contributed by atoms with Crippen molar-refractivity contribution >= 4 is 0 Å². The third kappa shape index (κ3) is 4.94. The topological polar surface area (TPSA) is 32.7 Å². The summed E-state index contributed by atoms with van der Waals surface area (Å²) in [7, 11) is 1.71. The van der Waals surface area contributed by atoms with Gasteiger partial charge in [-0.05, 0) is 26.8 Å². The fourth-order valence-corrected chi connectivity index (χ4v) is 1.48. The van der Waals surface area contributed by atoms with E-state index in [1.165, 1.54) is 0 Å². The highest BCUT2D eigenvalue weighted by Crippen LogP contribution is 2.12. The molecule has 0 aliphatic carbocycles. The van der Waals surface area contributed by atoms with E-state index in [4.69, 9.17) is 4.74 Å².